The molecular formula is C24H31N9O2. The molecule has 0 aliphatic carbocycles. The summed E-state index contributed by atoms with van der Waals surface area (Å²) in [6.07, 6.45) is 3.01. The third kappa shape index (κ3) is 4.69. The molecule has 4 aromatic rings. The topological polar surface area (TPSA) is 133 Å². The maximum Gasteiger partial charge on any atom is 0.248 e. The third-order valence-electron chi connectivity index (χ3n) is 6.39. The highest BCUT2D eigenvalue weighted by Gasteiger charge is 2.20. The van der Waals surface area contributed by atoms with Gasteiger partial charge in [-0.15, -0.1) is 0 Å². The second kappa shape index (κ2) is 9.59. The summed E-state index contributed by atoms with van der Waals surface area (Å²) >= 11 is 0. The van der Waals surface area contributed by atoms with Crippen LogP contribution in [-0.4, -0.2) is 77.9 Å². The van der Waals surface area contributed by atoms with Crippen LogP contribution in [0.3, 0.4) is 0 Å². The van der Waals surface area contributed by atoms with Gasteiger partial charge in [-0.2, -0.15) is 15.3 Å². The molecule has 3 N–H and O–H groups in total. The first-order valence-electron chi connectivity index (χ1n) is 12.0. The fraction of sp³-hybridized carbons (Fsp3) is 0.458. The molecule has 1 aliphatic rings. The molecule has 184 valence electrons. The molecule has 1 fully saturated rings. The number of H-pyrrole nitrogens is 1. The van der Waals surface area contributed by atoms with Gasteiger partial charge in [-0.05, 0) is 45.4 Å². The van der Waals surface area contributed by atoms with Gasteiger partial charge in [0.2, 0.25) is 5.91 Å². The lowest BCUT2D eigenvalue weighted by Gasteiger charge is -2.30. The monoisotopic (exact) mass is 477 g/mol. The number of aromatic amines is 1. The standard InChI is InChI=1S/C24H31N9O2/c1-4-32-21(10-15(2)30-32)24-27-23(28-29-24)18-11-17(22(25)34)12-20-19(18)13-26-33(20)7-5-6-31-8-9-35-16(3)14-31/h10-13,16H,4-9,14H2,1-3H3,(H2,25,34)(H,27,28,29)/t16-/m0/s1. The maximum absolute atomic E-state index is 12.1. The Labute approximate surface area is 203 Å². The lowest BCUT2D eigenvalue weighted by Crippen LogP contribution is -2.41. The average molecular weight is 478 g/mol. The number of nitrogens with one attached hydrogen (secondary N) is 1. The van der Waals surface area contributed by atoms with Gasteiger partial charge in [0.15, 0.2) is 11.6 Å². The van der Waals surface area contributed by atoms with Crippen LogP contribution in [0.25, 0.3) is 33.8 Å². The van der Waals surface area contributed by atoms with Gasteiger partial charge < -0.3 is 10.5 Å². The van der Waals surface area contributed by atoms with Crippen molar-refractivity contribution in [1.82, 2.24) is 39.6 Å². The molecule has 1 aromatic carbocycles. The molecule has 4 heterocycles. The molecule has 1 aliphatic heterocycles. The number of aromatic nitrogens is 7. The number of ether oxygens (including phenoxy) is 1. The van der Waals surface area contributed by atoms with Gasteiger partial charge in [0.1, 0.15) is 5.69 Å². The minimum atomic E-state index is -0.501. The number of carbonyl (C=O) groups excluding carboxylic acids is 1. The number of aryl methyl sites for hydroxylation is 3. The molecule has 11 heteroatoms. The third-order valence-corrected chi connectivity index (χ3v) is 6.39. The number of fused-ring (bicyclic) bond motifs is 1. The van der Waals surface area contributed by atoms with E-state index in [1.54, 1.807) is 12.1 Å². The Hall–Kier alpha value is -3.57. The summed E-state index contributed by atoms with van der Waals surface area (Å²) in [5, 5.41) is 17.5. The summed E-state index contributed by atoms with van der Waals surface area (Å²) in [7, 11) is 0. The van der Waals surface area contributed by atoms with Crippen molar-refractivity contribution in [3.63, 3.8) is 0 Å². The van der Waals surface area contributed by atoms with Gasteiger partial charge in [0, 0.05) is 49.2 Å². The van der Waals surface area contributed by atoms with Crippen molar-refractivity contribution in [2.24, 2.45) is 5.73 Å². The van der Waals surface area contributed by atoms with Crippen LogP contribution in [0.1, 0.15) is 36.3 Å². The van der Waals surface area contributed by atoms with Crippen LogP contribution >= 0.6 is 0 Å². The molecule has 1 amide bonds. The Balaban J connectivity index is 1.44. The lowest BCUT2D eigenvalue weighted by atomic mass is 10.0. The highest BCUT2D eigenvalue weighted by molar-refractivity contribution is 6.02. The van der Waals surface area contributed by atoms with Gasteiger partial charge in [-0.25, -0.2) is 4.98 Å². The average Bonchev–Trinajstić information content (AvgIpc) is 3.56. The van der Waals surface area contributed by atoms with Crippen molar-refractivity contribution in [3.8, 4) is 22.9 Å². The normalized spacial score (nSPS) is 16.8. The highest BCUT2D eigenvalue weighted by atomic mass is 16.5. The minimum absolute atomic E-state index is 0.265. The summed E-state index contributed by atoms with van der Waals surface area (Å²) in [4.78, 5) is 19.3. The van der Waals surface area contributed by atoms with Crippen LogP contribution in [0.4, 0.5) is 0 Å². The van der Waals surface area contributed by atoms with Crippen LogP contribution < -0.4 is 5.73 Å². The number of hydrogen-bond donors (Lipinski definition) is 2. The predicted octanol–water partition coefficient (Wildman–Crippen LogP) is 2.22. The number of nitrogens with two attached hydrogens (primary N) is 1. The Morgan fingerprint density at radius 3 is 2.89 bits per heavy atom. The number of benzene rings is 1. The van der Waals surface area contributed by atoms with E-state index < -0.39 is 5.91 Å². The number of amides is 1. The zero-order valence-electron chi connectivity index (χ0n) is 20.4. The Kier molecular flexibility index (Phi) is 6.35. The summed E-state index contributed by atoms with van der Waals surface area (Å²) in [5.74, 6) is 0.599. The van der Waals surface area contributed by atoms with Crippen molar-refractivity contribution in [1.29, 1.82) is 0 Å². The van der Waals surface area contributed by atoms with Crippen LogP contribution in [0.2, 0.25) is 0 Å². The number of hydrogen-bond acceptors (Lipinski definition) is 7. The van der Waals surface area contributed by atoms with Crippen LogP contribution in [0.15, 0.2) is 24.4 Å². The van der Waals surface area contributed by atoms with Gasteiger partial charge in [0.05, 0.1) is 30.1 Å². The number of morpholine rings is 1. The largest absolute Gasteiger partial charge is 0.376 e. The maximum atomic E-state index is 12.1. The van der Waals surface area contributed by atoms with E-state index in [0.29, 0.717) is 22.8 Å². The van der Waals surface area contributed by atoms with E-state index >= 15 is 0 Å². The van der Waals surface area contributed by atoms with Gasteiger partial charge in [-0.3, -0.25) is 24.2 Å². The first kappa shape index (κ1) is 23.2. The zero-order valence-corrected chi connectivity index (χ0v) is 20.4. The molecule has 0 spiro atoms. The molecule has 1 saturated heterocycles. The van der Waals surface area contributed by atoms with Crippen molar-refractivity contribution in [2.45, 2.75) is 46.4 Å². The summed E-state index contributed by atoms with van der Waals surface area (Å²) in [6, 6.07) is 5.51. The van der Waals surface area contributed by atoms with E-state index in [0.717, 1.165) is 68.0 Å². The second-order valence-electron chi connectivity index (χ2n) is 9.02. The van der Waals surface area contributed by atoms with Crippen LogP contribution in [0, 0.1) is 6.92 Å². The van der Waals surface area contributed by atoms with E-state index in [1.165, 1.54) is 0 Å². The minimum Gasteiger partial charge on any atom is -0.376 e. The predicted molar refractivity (Wildman–Crippen MR) is 132 cm³/mol. The number of primary amides is 1. The highest BCUT2D eigenvalue weighted by Crippen LogP contribution is 2.30. The van der Waals surface area contributed by atoms with E-state index in [-0.39, 0.29) is 6.10 Å². The van der Waals surface area contributed by atoms with Crippen molar-refractivity contribution in [2.75, 3.05) is 26.2 Å². The van der Waals surface area contributed by atoms with Crippen LogP contribution in [-0.2, 0) is 17.8 Å². The number of carbonyl (C=O) groups is 1. The molecule has 5 rings (SSSR count). The molecule has 0 radical (unpaired) electrons. The molecular weight excluding hydrogens is 446 g/mol. The van der Waals surface area contributed by atoms with E-state index in [9.17, 15) is 4.79 Å². The fourth-order valence-corrected chi connectivity index (χ4v) is 4.69. The summed E-state index contributed by atoms with van der Waals surface area (Å²) in [5.41, 5.74) is 9.39. The van der Waals surface area contributed by atoms with Gasteiger partial charge in [-0.1, -0.05) is 0 Å². The first-order valence-corrected chi connectivity index (χ1v) is 12.0. The second-order valence-corrected chi connectivity index (χ2v) is 9.02. The van der Waals surface area contributed by atoms with E-state index in [2.05, 4.69) is 32.2 Å². The molecule has 1 atom stereocenters. The van der Waals surface area contributed by atoms with Crippen molar-refractivity contribution >= 4 is 16.8 Å². The molecule has 0 bridgehead atoms. The lowest BCUT2D eigenvalue weighted by molar-refractivity contribution is -0.0187. The quantitative estimate of drug-likeness (QED) is 0.397. The molecule has 35 heavy (non-hydrogen) atoms. The molecule has 3 aromatic heterocycles. The zero-order chi connectivity index (χ0) is 24.5. The summed E-state index contributed by atoms with van der Waals surface area (Å²) in [6.45, 7) is 11.2. The summed E-state index contributed by atoms with van der Waals surface area (Å²) < 4.78 is 9.44. The number of nitrogens with zero attached hydrogens (tertiary/aromatic N) is 7. The number of rotatable bonds is 8. The molecule has 11 nitrogen and oxygen atoms in total. The van der Waals surface area contributed by atoms with Gasteiger partial charge in [0.25, 0.3) is 0 Å². The molecule has 0 saturated carbocycles. The fourth-order valence-electron chi connectivity index (χ4n) is 4.69. The van der Waals surface area contributed by atoms with Gasteiger partial charge >= 0.3 is 0 Å². The van der Waals surface area contributed by atoms with Crippen molar-refractivity contribution in [3.05, 3.63) is 35.7 Å². The van der Waals surface area contributed by atoms with Crippen LogP contribution in [0.5, 0.6) is 0 Å². The Bertz CT molecular complexity index is 1350. The van der Waals surface area contributed by atoms with E-state index in [1.807, 2.05) is 35.5 Å². The SMILES string of the molecule is CCn1nc(C)cc1-c1nc(-c2cc(C(N)=O)cc3c2cnn3CCCN2CCO[C@@H](C)C2)n[nH]1. The van der Waals surface area contributed by atoms with E-state index in [4.69, 9.17) is 15.5 Å². The van der Waals surface area contributed by atoms with Crippen molar-refractivity contribution < 1.29 is 9.53 Å². The Morgan fingerprint density at radius 2 is 2.11 bits per heavy atom. The first-order chi connectivity index (χ1) is 16.9. The Morgan fingerprint density at radius 1 is 1.26 bits per heavy atom. The molecule has 0 unspecified atom stereocenters. The smallest absolute Gasteiger partial charge is 0.248 e.